The lowest BCUT2D eigenvalue weighted by molar-refractivity contribution is 0.0517. The van der Waals surface area contributed by atoms with Gasteiger partial charge in [-0.1, -0.05) is 58.0 Å². The van der Waals surface area contributed by atoms with Gasteiger partial charge >= 0.3 is 0 Å². The van der Waals surface area contributed by atoms with E-state index in [1.54, 1.807) is 0 Å². The van der Waals surface area contributed by atoms with Crippen LogP contribution in [0.2, 0.25) is 0 Å². The number of benzene rings is 1. The van der Waals surface area contributed by atoms with Crippen LogP contribution in [0, 0.1) is 0 Å². The number of unbranched alkanes of at least 4 members (excludes halogenated alkanes) is 3. The first-order valence-corrected chi connectivity index (χ1v) is 9.19. The molecule has 0 aliphatic carbocycles. The van der Waals surface area contributed by atoms with Crippen molar-refractivity contribution in [1.82, 2.24) is 0 Å². The van der Waals surface area contributed by atoms with Gasteiger partial charge in [0, 0.05) is 21.5 Å². The second kappa shape index (κ2) is 8.39. The maximum atomic E-state index is 6.10. The van der Waals surface area contributed by atoms with Crippen LogP contribution in [0.5, 0.6) is 11.5 Å². The highest BCUT2D eigenvalue weighted by Crippen LogP contribution is 2.41. The van der Waals surface area contributed by atoms with E-state index in [9.17, 15) is 0 Å². The quantitative estimate of drug-likeness (QED) is 0.403. The van der Waals surface area contributed by atoms with Crippen molar-refractivity contribution in [3.05, 3.63) is 22.2 Å². The van der Waals surface area contributed by atoms with Gasteiger partial charge in [-0.2, -0.15) is 0 Å². The largest absolute Gasteiger partial charge is 0.454 e. The summed E-state index contributed by atoms with van der Waals surface area (Å²) in [4.78, 5) is 0.223. The van der Waals surface area contributed by atoms with E-state index in [0.717, 1.165) is 34.6 Å². The fourth-order valence-electron chi connectivity index (χ4n) is 2.36. The zero-order chi connectivity index (χ0) is 15.2. The first-order chi connectivity index (χ1) is 10.1. The van der Waals surface area contributed by atoms with E-state index in [-0.39, 0.29) is 17.7 Å². The molecule has 1 heterocycles. The summed E-state index contributed by atoms with van der Waals surface area (Å²) in [5.41, 5.74) is 1.10. The molecular formula is C16H22Br2O3. The molecule has 1 aliphatic heterocycles. The van der Waals surface area contributed by atoms with Crippen molar-refractivity contribution in [3.8, 4) is 11.5 Å². The molecule has 0 saturated heterocycles. The molecule has 0 N–H and O–H groups in total. The summed E-state index contributed by atoms with van der Waals surface area (Å²) in [6.07, 6.45) is 4.84. The number of hydrogen-bond acceptors (Lipinski definition) is 3. The molecule has 0 fully saturated rings. The predicted octanol–water partition coefficient (Wildman–Crippen LogP) is 5.60. The van der Waals surface area contributed by atoms with Crippen LogP contribution in [0.4, 0.5) is 0 Å². The smallest absolute Gasteiger partial charge is 0.231 e. The summed E-state index contributed by atoms with van der Waals surface area (Å²) in [6, 6.07) is 3.97. The van der Waals surface area contributed by atoms with Crippen LogP contribution in [0.15, 0.2) is 16.6 Å². The number of ether oxygens (including phenoxy) is 3. The molecule has 0 spiro atoms. The van der Waals surface area contributed by atoms with Crippen molar-refractivity contribution < 1.29 is 14.2 Å². The Bertz CT molecular complexity index is 463. The van der Waals surface area contributed by atoms with Gasteiger partial charge in [0.15, 0.2) is 11.5 Å². The van der Waals surface area contributed by atoms with Crippen molar-refractivity contribution >= 4 is 31.9 Å². The number of alkyl halides is 1. The third kappa shape index (κ3) is 4.60. The lowest BCUT2D eigenvalue weighted by atomic mass is 10.1. The van der Waals surface area contributed by atoms with Gasteiger partial charge in [0.25, 0.3) is 0 Å². The maximum Gasteiger partial charge on any atom is 0.231 e. The number of rotatable bonds is 8. The van der Waals surface area contributed by atoms with Crippen LogP contribution in [0.1, 0.15) is 51.2 Å². The molecule has 3 nitrogen and oxygen atoms in total. The topological polar surface area (TPSA) is 27.7 Å². The average molecular weight is 422 g/mol. The Balaban J connectivity index is 2.04. The van der Waals surface area contributed by atoms with Crippen LogP contribution >= 0.6 is 31.9 Å². The van der Waals surface area contributed by atoms with Gasteiger partial charge in [0.05, 0.1) is 6.10 Å². The van der Waals surface area contributed by atoms with Crippen molar-refractivity contribution in [2.45, 2.75) is 50.5 Å². The molecule has 118 valence electrons. The highest BCUT2D eigenvalue weighted by molar-refractivity contribution is 9.10. The van der Waals surface area contributed by atoms with Gasteiger partial charge in [-0.15, -0.1) is 0 Å². The minimum Gasteiger partial charge on any atom is -0.454 e. The molecular weight excluding hydrogens is 400 g/mol. The standard InChI is InChI=1S/C16H22Br2O3/c1-3-4-5-6-7-19-16(11(2)17)12-8-14-15(9-13(12)18)21-10-20-14/h8-9,11,16H,3-7,10H2,1-2H3/t11-,16-/m1/s1. The van der Waals surface area contributed by atoms with Crippen LogP contribution in [0.25, 0.3) is 0 Å². The molecule has 0 unspecified atom stereocenters. The number of fused-ring (bicyclic) bond motifs is 1. The minimum atomic E-state index is -0.00417. The summed E-state index contributed by atoms with van der Waals surface area (Å²) >= 11 is 7.27. The van der Waals surface area contributed by atoms with Crippen LogP contribution in [-0.2, 0) is 4.74 Å². The predicted molar refractivity (Wildman–Crippen MR) is 91.5 cm³/mol. The molecule has 2 atom stereocenters. The first kappa shape index (κ1) is 17.1. The van der Waals surface area contributed by atoms with Crippen LogP contribution < -0.4 is 9.47 Å². The highest BCUT2D eigenvalue weighted by Gasteiger charge is 2.24. The van der Waals surface area contributed by atoms with Crippen molar-refractivity contribution in [2.75, 3.05) is 13.4 Å². The highest BCUT2D eigenvalue weighted by atomic mass is 79.9. The molecule has 5 heteroatoms. The second-order valence-electron chi connectivity index (χ2n) is 5.26. The van der Waals surface area contributed by atoms with Crippen LogP contribution in [-0.4, -0.2) is 18.2 Å². The van der Waals surface area contributed by atoms with E-state index >= 15 is 0 Å². The fourth-order valence-corrected chi connectivity index (χ4v) is 3.35. The molecule has 2 rings (SSSR count). The molecule has 21 heavy (non-hydrogen) atoms. The number of hydrogen-bond donors (Lipinski definition) is 0. The summed E-state index contributed by atoms with van der Waals surface area (Å²) in [6.45, 7) is 5.39. The van der Waals surface area contributed by atoms with Crippen molar-refractivity contribution in [3.63, 3.8) is 0 Å². The van der Waals surface area contributed by atoms with Gasteiger partial charge in [0.2, 0.25) is 6.79 Å². The third-order valence-electron chi connectivity index (χ3n) is 3.51. The summed E-state index contributed by atoms with van der Waals surface area (Å²) < 4.78 is 18.0. The van der Waals surface area contributed by atoms with Crippen LogP contribution in [0.3, 0.4) is 0 Å². The Labute approximate surface area is 143 Å². The van der Waals surface area contributed by atoms with E-state index in [1.807, 2.05) is 12.1 Å². The average Bonchev–Trinajstić information content (AvgIpc) is 2.89. The molecule has 0 saturated carbocycles. The summed E-state index contributed by atoms with van der Waals surface area (Å²) in [5, 5.41) is 0. The Morgan fingerprint density at radius 1 is 1.19 bits per heavy atom. The SMILES string of the molecule is CCCCCCO[C@@H](c1cc2c(cc1Br)OCO2)[C@@H](C)Br. The van der Waals surface area contributed by atoms with Gasteiger partial charge < -0.3 is 14.2 Å². The van der Waals surface area contributed by atoms with E-state index in [1.165, 1.54) is 19.3 Å². The van der Waals surface area contributed by atoms with Gasteiger partial charge in [0.1, 0.15) is 0 Å². The Hall–Kier alpha value is -0.260. The summed E-state index contributed by atoms with van der Waals surface area (Å²) in [7, 11) is 0. The third-order valence-corrected chi connectivity index (χ3v) is 4.68. The zero-order valence-corrected chi connectivity index (χ0v) is 15.7. The molecule has 0 aromatic heterocycles. The first-order valence-electron chi connectivity index (χ1n) is 7.48. The van der Waals surface area contributed by atoms with Crippen molar-refractivity contribution in [1.29, 1.82) is 0 Å². The van der Waals surface area contributed by atoms with Gasteiger partial charge in [-0.25, -0.2) is 0 Å². The van der Waals surface area contributed by atoms with E-state index in [0.29, 0.717) is 0 Å². The minimum absolute atomic E-state index is 0.00417. The molecule has 1 aliphatic rings. The van der Waals surface area contributed by atoms with E-state index in [4.69, 9.17) is 14.2 Å². The zero-order valence-electron chi connectivity index (χ0n) is 12.5. The molecule has 0 radical (unpaired) electrons. The molecule has 0 bridgehead atoms. The lowest BCUT2D eigenvalue weighted by Gasteiger charge is -2.22. The normalized spacial score (nSPS) is 16.0. The second-order valence-corrected chi connectivity index (χ2v) is 7.56. The van der Waals surface area contributed by atoms with Gasteiger partial charge in [-0.05, 0) is 25.5 Å². The molecule has 1 aromatic carbocycles. The lowest BCUT2D eigenvalue weighted by Crippen LogP contribution is -2.14. The monoisotopic (exact) mass is 420 g/mol. The molecule has 1 aromatic rings. The molecule has 0 amide bonds. The Morgan fingerprint density at radius 3 is 2.57 bits per heavy atom. The summed E-state index contributed by atoms with van der Waals surface area (Å²) in [5.74, 6) is 1.58. The van der Waals surface area contributed by atoms with E-state index in [2.05, 4.69) is 45.7 Å². The maximum absolute atomic E-state index is 6.10. The number of halogens is 2. The van der Waals surface area contributed by atoms with E-state index < -0.39 is 0 Å². The van der Waals surface area contributed by atoms with Crippen molar-refractivity contribution in [2.24, 2.45) is 0 Å². The Morgan fingerprint density at radius 2 is 1.90 bits per heavy atom. The Kier molecular flexibility index (Phi) is 6.83. The fraction of sp³-hybridized carbons (Fsp3) is 0.625. The van der Waals surface area contributed by atoms with Gasteiger partial charge in [-0.3, -0.25) is 0 Å².